The third-order valence-corrected chi connectivity index (χ3v) is 4.07. The molecule has 0 fully saturated rings. The number of fused-ring (bicyclic) bond motifs is 1. The quantitative estimate of drug-likeness (QED) is 0.438. The van der Waals surface area contributed by atoms with Gasteiger partial charge in [0, 0.05) is 16.0 Å². The van der Waals surface area contributed by atoms with Crippen molar-refractivity contribution in [2.24, 2.45) is 5.84 Å². The van der Waals surface area contributed by atoms with Crippen LogP contribution in [0.4, 0.5) is 0 Å². The van der Waals surface area contributed by atoms with Gasteiger partial charge in [-0.05, 0) is 30.2 Å². The lowest BCUT2D eigenvalue weighted by molar-refractivity contribution is 0.0955. The number of halogens is 1. The summed E-state index contributed by atoms with van der Waals surface area (Å²) in [6.45, 7) is 2.06. The Morgan fingerprint density at radius 1 is 1.22 bits per heavy atom. The second kappa shape index (κ2) is 6.36. The number of rotatable bonds is 3. The van der Waals surface area contributed by atoms with Gasteiger partial charge in [-0.25, -0.2) is 10.8 Å². The maximum Gasteiger partial charge on any atom is 0.265 e. The lowest BCUT2D eigenvalue weighted by Gasteiger charge is -2.11. The molecule has 0 spiro atoms. The van der Waals surface area contributed by atoms with Gasteiger partial charge in [-0.1, -0.05) is 48.9 Å². The van der Waals surface area contributed by atoms with E-state index in [4.69, 9.17) is 22.4 Å². The van der Waals surface area contributed by atoms with Gasteiger partial charge in [-0.15, -0.1) is 0 Å². The Hall–Kier alpha value is -2.43. The van der Waals surface area contributed by atoms with Gasteiger partial charge in [-0.3, -0.25) is 10.2 Å². The van der Waals surface area contributed by atoms with E-state index in [1.807, 2.05) is 30.3 Å². The van der Waals surface area contributed by atoms with Crippen molar-refractivity contribution in [2.45, 2.75) is 13.3 Å². The molecule has 0 aliphatic heterocycles. The predicted molar refractivity (Wildman–Crippen MR) is 93.2 cm³/mol. The molecule has 0 saturated heterocycles. The molecule has 3 rings (SSSR count). The normalized spacial score (nSPS) is 10.7. The molecule has 3 aromatic rings. The van der Waals surface area contributed by atoms with E-state index in [-0.39, 0.29) is 5.91 Å². The molecule has 0 aliphatic carbocycles. The Morgan fingerprint density at radius 2 is 1.96 bits per heavy atom. The first-order chi connectivity index (χ1) is 11.1. The van der Waals surface area contributed by atoms with Gasteiger partial charge in [0.25, 0.3) is 5.91 Å². The van der Waals surface area contributed by atoms with Crippen LogP contribution in [0, 0.1) is 0 Å². The minimum absolute atomic E-state index is 0.333. The number of carbonyl (C=O) groups excluding carboxylic acids is 1. The summed E-state index contributed by atoms with van der Waals surface area (Å²) in [5, 5.41) is 1.45. The number of pyridine rings is 1. The van der Waals surface area contributed by atoms with Crippen LogP contribution in [-0.2, 0) is 6.42 Å². The van der Waals surface area contributed by atoms with E-state index in [1.165, 1.54) is 0 Å². The van der Waals surface area contributed by atoms with Crippen molar-refractivity contribution in [3.8, 4) is 11.3 Å². The maximum atomic E-state index is 12.2. The first kappa shape index (κ1) is 15.5. The van der Waals surface area contributed by atoms with E-state index in [2.05, 4.69) is 12.3 Å². The molecular formula is C18H16ClN3O. The standard InChI is InChI=1S/C18H16ClN3O/c1-2-11-4-3-5-14-15(18(23)22-20)10-16(21-17(11)14)12-6-8-13(19)9-7-12/h3-10H,2,20H2,1H3,(H,22,23). The second-order valence-corrected chi connectivity index (χ2v) is 5.64. The zero-order valence-electron chi connectivity index (χ0n) is 12.6. The minimum atomic E-state index is -0.333. The average molecular weight is 326 g/mol. The average Bonchev–Trinajstić information content (AvgIpc) is 2.60. The van der Waals surface area contributed by atoms with Gasteiger partial charge >= 0.3 is 0 Å². The monoisotopic (exact) mass is 325 g/mol. The highest BCUT2D eigenvalue weighted by Crippen LogP contribution is 2.28. The molecule has 0 saturated carbocycles. The highest BCUT2D eigenvalue weighted by atomic mass is 35.5. The van der Waals surface area contributed by atoms with Gasteiger partial charge in [0.05, 0.1) is 16.8 Å². The van der Waals surface area contributed by atoms with Crippen LogP contribution in [0.1, 0.15) is 22.8 Å². The largest absolute Gasteiger partial charge is 0.290 e. The Balaban J connectivity index is 2.31. The van der Waals surface area contributed by atoms with Crippen molar-refractivity contribution in [1.29, 1.82) is 0 Å². The van der Waals surface area contributed by atoms with Crippen LogP contribution < -0.4 is 11.3 Å². The summed E-state index contributed by atoms with van der Waals surface area (Å²) < 4.78 is 0. The SMILES string of the molecule is CCc1cccc2c(C(=O)NN)cc(-c3ccc(Cl)cc3)nc12. The van der Waals surface area contributed by atoms with Crippen LogP contribution in [0.3, 0.4) is 0 Å². The number of hydrogen-bond donors (Lipinski definition) is 2. The lowest BCUT2D eigenvalue weighted by atomic mass is 10.00. The Kier molecular flexibility index (Phi) is 4.28. The first-order valence-electron chi connectivity index (χ1n) is 7.33. The molecule has 4 nitrogen and oxygen atoms in total. The highest BCUT2D eigenvalue weighted by molar-refractivity contribution is 6.30. The molecule has 3 N–H and O–H groups in total. The van der Waals surface area contributed by atoms with Gasteiger partial charge in [-0.2, -0.15) is 0 Å². The summed E-state index contributed by atoms with van der Waals surface area (Å²) in [5.41, 5.74) is 6.24. The molecule has 1 amide bonds. The van der Waals surface area contributed by atoms with E-state index in [9.17, 15) is 4.79 Å². The van der Waals surface area contributed by atoms with Crippen LogP contribution in [0.5, 0.6) is 0 Å². The van der Waals surface area contributed by atoms with Crippen molar-refractivity contribution < 1.29 is 4.79 Å². The Bertz CT molecular complexity index is 875. The number of nitrogens with zero attached hydrogens (tertiary/aromatic N) is 1. The maximum absolute atomic E-state index is 12.2. The summed E-state index contributed by atoms with van der Waals surface area (Å²) in [6, 6.07) is 15.0. The van der Waals surface area contributed by atoms with E-state index in [0.717, 1.165) is 28.5 Å². The number of carbonyl (C=O) groups is 1. The topological polar surface area (TPSA) is 68.0 Å². The summed E-state index contributed by atoms with van der Waals surface area (Å²) in [5.74, 6) is 5.00. The zero-order valence-corrected chi connectivity index (χ0v) is 13.4. The summed E-state index contributed by atoms with van der Waals surface area (Å²) in [4.78, 5) is 16.9. The second-order valence-electron chi connectivity index (χ2n) is 5.20. The minimum Gasteiger partial charge on any atom is -0.290 e. The molecule has 0 radical (unpaired) electrons. The number of hydrogen-bond acceptors (Lipinski definition) is 3. The third-order valence-electron chi connectivity index (χ3n) is 3.82. The Morgan fingerprint density at radius 3 is 2.61 bits per heavy atom. The summed E-state index contributed by atoms with van der Waals surface area (Å²) in [7, 11) is 0. The van der Waals surface area contributed by atoms with E-state index in [0.29, 0.717) is 16.3 Å². The molecule has 0 unspecified atom stereocenters. The van der Waals surface area contributed by atoms with E-state index in [1.54, 1.807) is 18.2 Å². The third kappa shape index (κ3) is 2.91. The van der Waals surface area contributed by atoms with Crippen LogP contribution >= 0.6 is 11.6 Å². The van der Waals surface area contributed by atoms with Crippen LogP contribution in [0.2, 0.25) is 5.02 Å². The van der Waals surface area contributed by atoms with Gasteiger partial charge in [0.15, 0.2) is 0 Å². The molecule has 5 heteroatoms. The number of nitrogen functional groups attached to an aromatic ring is 1. The van der Waals surface area contributed by atoms with Gasteiger partial charge in [0.2, 0.25) is 0 Å². The number of nitrogens with one attached hydrogen (secondary N) is 1. The summed E-state index contributed by atoms with van der Waals surface area (Å²) >= 11 is 5.94. The fraction of sp³-hybridized carbons (Fsp3) is 0.111. The molecule has 0 aliphatic rings. The number of para-hydroxylation sites is 1. The number of nitrogens with two attached hydrogens (primary N) is 1. The number of benzene rings is 2. The first-order valence-corrected chi connectivity index (χ1v) is 7.71. The molecule has 0 bridgehead atoms. The fourth-order valence-electron chi connectivity index (χ4n) is 2.63. The molecule has 1 aromatic heterocycles. The van der Waals surface area contributed by atoms with Crippen molar-refractivity contribution in [2.75, 3.05) is 0 Å². The van der Waals surface area contributed by atoms with Crippen molar-refractivity contribution in [3.05, 3.63) is 64.7 Å². The van der Waals surface area contributed by atoms with Crippen molar-refractivity contribution in [3.63, 3.8) is 0 Å². The predicted octanol–water partition coefficient (Wildman–Crippen LogP) is 3.72. The van der Waals surface area contributed by atoms with Gasteiger partial charge in [0.1, 0.15) is 0 Å². The lowest BCUT2D eigenvalue weighted by Crippen LogP contribution is -2.30. The van der Waals surface area contributed by atoms with E-state index < -0.39 is 0 Å². The number of hydrazine groups is 1. The molecule has 0 atom stereocenters. The van der Waals surface area contributed by atoms with Crippen molar-refractivity contribution in [1.82, 2.24) is 10.4 Å². The molecular weight excluding hydrogens is 310 g/mol. The van der Waals surface area contributed by atoms with Crippen LogP contribution in [-0.4, -0.2) is 10.9 Å². The number of amides is 1. The number of aromatic nitrogens is 1. The number of aryl methyl sites for hydroxylation is 1. The van der Waals surface area contributed by atoms with Gasteiger partial charge < -0.3 is 0 Å². The Labute approximate surface area is 139 Å². The smallest absolute Gasteiger partial charge is 0.265 e. The van der Waals surface area contributed by atoms with Crippen LogP contribution in [0.25, 0.3) is 22.2 Å². The van der Waals surface area contributed by atoms with Crippen molar-refractivity contribution >= 4 is 28.4 Å². The van der Waals surface area contributed by atoms with Crippen LogP contribution in [0.15, 0.2) is 48.5 Å². The van der Waals surface area contributed by atoms with E-state index >= 15 is 0 Å². The molecule has 23 heavy (non-hydrogen) atoms. The molecule has 1 heterocycles. The highest BCUT2D eigenvalue weighted by Gasteiger charge is 2.14. The molecule has 116 valence electrons. The summed E-state index contributed by atoms with van der Waals surface area (Å²) in [6.07, 6.45) is 0.831. The molecule has 2 aromatic carbocycles. The fourth-order valence-corrected chi connectivity index (χ4v) is 2.75. The zero-order chi connectivity index (χ0) is 16.4.